The van der Waals surface area contributed by atoms with Crippen molar-refractivity contribution in [1.82, 2.24) is 4.98 Å². The van der Waals surface area contributed by atoms with Gasteiger partial charge in [-0.15, -0.1) is 11.3 Å². The molecule has 0 bridgehead atoms. The average Bonchev–Trinajstić information content (AvgIpc) is 3.17. The van der Waals surface area contributed by atoms with Crippen LogP contribution in [0.25, 0.3) is 11.3 Å². The highest BCUT2D eigenvalue weighted by Crippen LogP contribution is 2.22. The van der Waals surface area contributed by atoms with Gasteiger partial charge in [-0.25, -0.2) is 4.98 Å². The Morgan fingerprint density at radius 3 is 2.76 bits per heavy atom. The maximum absolute atomic E-state index is 11.0. The third-order valence-electron chi connectivity index (χ3n) is 3.01. The maximum Gasteiger partial charge on any atom is 0.249 e. The van der Waals surface area contributed by atoms with Crippen LogP contribution in [0.2, 0.25) is 0 Å². The first-order chi connectivity index (χ1) is 10.2. The predicted octanol–water partition coefficient (Wildman–Crippen LogP) is 3.11. The molecule has 0 radical (unpaired) electrons. The van der Waals surface area contributed by atoms with Gasteiger partial charge in [-0.3, -0.25) is 4.79 Å². The van der Waals surface area contributed by atoms with Crippen LogP contribution in [0.5, 0.6) is 0 Å². The zero-order valence-corrected chi connectivity index (χ0v) is 11.9. The van der Waals surface area contributed by atoms with Crippen LogP contribution in [0.3, 0.4) is 0 Å². The average molecular weight is 299 g/mol. The number of carbonyl (C=O) groups is 1. The predicted molar refractivity (Wildman–Crippen MR) is 82.1 cm³/mol. The number of benzene rings is 1. The topological polar surface area (TPSA) is 81.2 Å². The number of carbonyl (C=O) groups excluding carboxylic acids is 1. The quantitative estimate of drug-likeness (QED) is 0.758. The normalized spacial score (nSPS) is 10.5. The molecular formula is C15H13N3O2S. The van der Waals surface area contributed by atoms with Crippen molar-refractivity contribution in [1.29, 1.82) is 0 Å². The SMILES string of the molecule is NC(=O)c1csc(CNc2ccc(-c3cnco3)cc2)c1. The number of thiophene rings is 1. The fourth-order valence-electron chi connectivity index (χ4n) is 1.90. The van der Waals surface area contributed by atoms with Gasteiger partial charge in [0.1, 0.15) is 0 Å². The van der Waals surface area contributed by atoms with Gasteiger partial charge in [-0.2, -0.15) is 0 Å². The van der Waals surface area contributed by atoms with Crippen molar-refractivity contribution >= 4 is 22.9 Å². The van der Waals surface area contributed by atoms with Crippen LogP contribution in [-0.2, 0) is 6.54 Å². The van der Waals surface area contributed by atoms with Crippen LogP contribution >= 0.6 is 11.3 Å². The lowest BCUT2D eigenvalue weighted by molar-refractivity contribution is 0.100. The molecule has 0 unspecified atom stereocenters. The van der Waals surface area contributed by atoms with Gasteiger partial charge in [-0.1, -0.05) is 0 Å². The first-order valence-corrected chi connectivity index (χ1v) is 7.20. The monoisotopic (exact) mass is 299 g/mol. The highest BCUT2D eigenvalue weighted by Gasteiger charge is 2.05. The molecule has 2 heterocycles. The number of anilines is 1. The van der Waals surface area contributed by atoms with Crippen molar-refractivity contribution < 1.29 is 9.21 Å². The summed E-state index contributed by atoms with van der Waals surface area (Å²) in [6.45, 7) is 0.652. The second-order valence-corrected chi connectivity index (χ2v) is 5.46. The molecule has 5 nitrogen and oxygen atoms in total. The van der Waals surface area contributed by atoms with E-state index in [0.29, 0.717) is 12.1 Å². The number of amides is 1. The van der Waals surface area contributed by atoms with Gasteiger partial charge in [0, 0.05) is 28.1 Å². The molecule has 3 aromatic rings. The standard InChI is InChI=1S/C15H13N3O2S/c16-15(19)11-5-13(21-8-11)6-18-12-3-1-10(2-4-12)14-7-17-9-20-14/h1-5,7-9,18H,6H2,(H2,16,19). The summed E-state index contributed by atoms with van der Waals surface area (Å²) in [5.41, 5.74) is 7.75. The Hall–Kier alpha value is -2.60. The number of hydrogen-bond acceptors (Lipinski definition) is 5. The van der Waals surface area contributed by atoms with Crippen molar-refractivity contribution in [2.24, 2.45) is 5.73 Å². The lowest BCUT2D eigenvalue weighted by atomic mass is 10.1. The largest absolute Gasteiger partial charge is 0.444 e. The summed E-state index contributed by atoms with van der Waals surface area (Å²) in [5.74, 6) is 0.347. The molecule has 0 aliphatic heterocycles. The lowest BCUT2D eigenvalue weighted by Crippen LogP contribution is -2.09. The number of nitrogens with two attached hydrogens (primary N) is 1. The van der Waals surface area contributed by atoms with Crippen LogP contribution in [0.1, 0.15) is 15.2 Å². The van der Waals surface area contributed by atoms with E-state index in [1.54, 1.807) is 11.6 Å². The van der Waals surface area contributed by atoms with Gasteiger partial charge in [0.2, 0.25) is 5.91 Å². The van der Waals surface area contributed by atoms with Gasteiger partial charge in [0.05, 0.1) is 11.8 Å². The number of oxazole rings is 1. The van der Waals surface area contributed by atoms with Crippen LogP contribution in [0.15, 0.2) is 52.7 Å². The Morgan fingerprint density at radius 1 is 1.33 bits per heavy atom. The Bertz CT molecular complexity index is 733. The third-order valence-corrected chi connectivity index (χ3v) is 3.94. The van der Waals surface area contributed by atoms with Crippen molar-refractivity contribution in [3.05, 3.63) is 58.7 Å². The molecular weight excluding hydrogens is 286 g/mol. The highest BCUT2D eigenvalue weighted by atomic mass is 32.1. The minimum absolute atomic E-state index is 0.395. The molecule has 1 aromatic carbocycles. The van der Waals surface area contributed by atoms with Gasteiger partial charge < -0.3 is 15.5 Å². The minimum Gasteiger partial charge on any atom is -0.444 e. The number of aromatic nitrogens is 1. The molecule has 0 spiro atoms. The zero-order chi connectivity index (χ0) is 14.7. The van der Waals surface area contributed by atoms with E-state index in [4.69, 9.17) is 10.2 Å². The van der Waals surface area contributed by atoms with E-state index in [0.717, 1.165) is 21.9 Å². The molecule has 1 amide bonds. The van der Waals surface area contributed by atoms with Crippen LogP contribution in [-0.4, -0.2) is 10.9 Å². The highest BCUT2D eigenvalue weighted by molar-refractivity contribution is 7.10. The Labute approximate surface area is 125 Å². The van der Waals surface area contributed by atoms with Crippen molar-refractivity contribution in [3.63, 3.8) is 0 Å². The summed E-state index contributed by atoms with van der Waals surface area (Å²) in [6, 6.07) is 9.68. The fourth-order valence-corrected chi connectivity index (χ4v) is 2.72. The zero-order valence-electron chi connectivity index (χ0n) is 11.1. The summed E-state index contributed by atoms with van der Waals surface area (Å²) in [7, 11) is 0. The first-order valence-electron chi connectivity index (χ1n) is 6.32. The Kier molecular flexibility index (Phi) is 3.70. The van der Waals surface area contributed by atoms with Crippen LogP contribution in [0.4, 0.5) is 5.69 Å². The van der Waals surface area contributed by atoms with Crippen molar-refractivity contribution in [3.8, 4) is 11.3 Å². The molecule has 0 aliphatic carbocycles. The summed E-state index contributed by atoms with van der Waals surface area (Å²) in [6.07, 6.45) is 3.09. The third kappa shape index (κ3) is 3.11. The molecule has 2 aromatic heterocycles. The molecule has 0 fully saturated rings. The molecule has 106 valence electrons. The second kappa shape index (κ2) is 5.80. The summed E-state index contributed by atoms with van der Waals surface area (Å²) >= 11 is 1.51. The maximum atomic E-state index is 11.0. The second-order valence-electron chi connectivity index (χ2n) is 4.46. The first kappa shape index (κ1) is 13.4. The van der Waals surface area contributed by atoms with Gasteiger partial charge >= 0.3 is 0 Å². The minimum atomic E-state index is -0.395. The Morgan fingerprint density at radius 2 is 2.14 bits per heavy atom. The Balaban J connectivity index is 1.64. The van der Waals surface area contributed by atoms with E-state index < -0.39 is 5.91 Å². The van der Waals surface area contributed by atoms with E-state index in [2.05, 4.69) is 10.3 Å². The number of rotatable bonds is 5. The number of hydrogen-bond donors (Lipinski definition) is 2. The van der Waals surface area contributed by atoms with E-state index in [9.17, 15) is 4.79 Å². The molecule has 0 atom stereocenters. The van der Waals surface area contributed by atoms with E-state index >= 15 is 0 Å². The van der Waals surface area contributed by atoms with E-state index in [1.807, 2.05) is 30.3 Å². The number of nitrogens with one attached hydrogen (secondary N) is 1. The van der Waals surface area contributed by atoms with Gasteiger partial charge in [0.15, 0.2) is 12.2 Å². The summed E-state index contributed by atoms with van der Waals surface area (Å²) in [5, 5.41) is 5.07. The molecule has 3 N–H and O–H groups in total. The summed E-state index contributed by atoms with van der Waals surface area (Å²) < 4.78 is 5.24. The van der Waals surface area contributed by atoms with Crippen molar-refractivity contribution in [2.75, 3.05) is 5.32 Å². The molecule has 3 rings (SSSR count). The van der Waals surface area contributed by atoms with Crippen LogP contribution < -0.4 is 11.1 Å². The van der Waals surface area contributed by atoms with Crippen LogP contribution in [0, 0.1) is 0 Å². The lowest BCUT2D eigenvalue weighted by Gasteiger charge is -2.05. The summed E-state index contributed by atoms with van der Waals surface area (Å²) in [4.78, 5) is 16.0. The molecule has 0 aliphatic rings. The van der Waals surface area contributed by atoms with E-state index in [-0.39, 0.29) is 0 Å². The number of nitrogens with zero attached hydrogens (tertiary/aromatic N) is 1. The fraction of sp³-hybridized carbons (Fsp3) is 0.0667. The molecule has 21 heavy (non-hydrogen) atoms. The van der Waals surface area contributed by atoms with E-state index in [1.165, 1.54) is 17.7 Å². The molecule has 6 heteroatoms. The van der Waals surface area contributed by atoms with Gasteiger partial charge in [-0.05, 0) is 30.3 Å². The number of primary amides is 1. The molecule has 0 saturated heterocycles. The van der Waals surface area contributed by atoms with Gasteiger partial charge in [0.25, 0.3) is 0 Å². The van der Waals surface area contributed by atoms with Crippen molar-refractivity contribution in [2.45, 2.75) is 6.54 Å². The molecule has 0 saturated carbocycles. The smallest absolute Gasteiger partial charge is 0.249 e.